The van der Waals surface area contributed by atoms with Gasteiger partial charge in [-0.25, -0.2) is 0 Å². The Kier molecular flexibility index (Phi) is 12.1. The number of unbranched alkanes of at least 4 members (excludes halogenated alkanes) is 1. The first-order chi connectivity index (χ1) is 5.81. The Bertz CT molecular complexity index is 77.9. The molecule has 1 rings (SSSR count). The number of hydrogen-bond donors (Lipinski definition) is 0. The molecule has 0 amide bonds. The number of hydrogen-bond acceptors (Lipinski definition) is 0. The molecule has 62 valence electrons. The van der Waals surface area contributed by atoms with Crippen molar-refractivity contribution in [2.24, 2.45) is 0 Å². The van der Waals surface area contributed by atoms with Crippen LogP contribution < -0.4 is 0 Å². The molecule has 1 fully saturated rings. The molecule has 12 heavy (non-hydrogen) atoms. The van der Waals surface area contributed by atoms with E-state index in [1.165, 1.54) is 76.5 Å². The van der Waals surface area contributed by atoms with Crippen LogP contribution in [0, 0.1) is 0 Å². The van der Waals surface area contributed by atoms with Gasteiger partial charge in [0.25, 0.3) is 0 Å². The normalized spacial score (nSPS) is 18.4. The molecule has 1 aliphatic carbocycles. The van der Waals surface area contributed by atoms with Crippen molar-refractivity contribution in [3.05, 3.63) is 0 Å². The third kappa shape index (κ3) is 9.68. The van der Waals surface area contributed by atoms with E-state index in [4.69, 9.17) is 0 Å². The molecule has 0 N–H and O–H groups in total. The van der Waals surface area contributed by atoms with Crippen LogP contribution in [0.15, 0.2) is 0 Å². The van der Waals surface area contributed by atoms with Crippen LogP contribution in [-0.4, -0.2) is 45.6 Å². The van der Waals surface area contributed by atoms with Crippen molar-refractivity contribution in [1.82, 2.24) is 0 Å². The SMILES string of the molecule is CCC[CH2][Na].[Li][CH]1CCCCC1. The first kappa shape index (κ1) is 13.6. The van der Waals surface area contributed by atoms with Crippen molar-refractivity contribution in [2.75, 3.05) is 0 Å². The van der Waals surface area contributed by atoms with Gasteiger partial charge in [0, 0.05) is 0 Å². The van der Waals surface area contributed by atoms with E-state index < -0.39 is 0 Å². The molecule has 0 unspecified atom stereocenters. The second-order valence-corrected chi connectivity index (χ2v) is 5.10. The average Bonchev–Trinajstić information content (AvgIpc) is 2.08. The molecule has 0 saturated heterocycles. The molecule has 1 saturated carbocycles. The molecule has 0 aromatic carbocycles. The Labute approximate surface area is 105 Å². The summed E-state index contributed by atoms with van der Waals surface area (Å²) in [4.78, 5) is 0. The van der Waals surface area contributed by atoms with Crippen LogP contribution in [0.5, 0.6) is 0 Å². The van der Waals surface area contributed by atoms with Crippen LogP contribution in [0.25, 0.3) is 0 Å². The minimum absolute atomic E-state index is 1.04. The van der Waals surface area contributed by atoms with E-state index >= 15 is 0 Å². The Hall–Kier alpha value is 1.60. The second kappa shape index (κ2) is 10.7. The Balaban J connectivity index is 0.000000217. The third-order valence-corrected chi connectivity index (χ3v) is 3.31. The van der Waals surface area contributed by atoms with Crippen LogP contribution in [0.3, 0.4) is 0 Å². The van der Waals surface area contributed by atoms with Crippen molar-refractivity contribution in [1.29, 1.82) is 0 Å². The van der Waals surface area contributed by atoms with Gasteiger partial charge in [0.15, 0.2) is 0 Å². The maximum atomic E-state index is 2.36. The first-order valence-electron chi connectivity index (χ1n) is 5.81. The van der Waals surface area contributed by atoms with Crippen molar-refractivity contribution < 1.29 is 0 Å². The van der Waals surface area contributed by atoms with Gasteiger partial charge in [-0.2, -0.15) is 0 Å². The van der Waals surface area contributed by atoms with Crippen molar-refractivity contribution in [3.63, 3.8) is 0 Å². The topological polar surface area (TPSA) is 0 Å². The van der Waals surface area contributed by atoms with Gasteiger partial charge in [-0.05, 0) is 0 Å². The van der Waals surface area contributed by atoms with E-state index in [2.05, 4.69) is 24.6 Å². The van der Waals surface area contributed by atoms with Gasteiger partial charge < -0.3 is 0 Å². The Morgan fingerprint density at radius 3 is 2.00 bits per heavy atom. The van der Waals surface area contributed by atoms with Gasteiger partial charge in [-0.1, -0.05) is 0 Å². The molecule has 0 atom stereocenters. The Morgan fingerprint density at radius 2 is 1.83 bits per heavy atom. The average molecular weight is 170 g/mol. The fourth-order valence-corrected chi connectivity index (χ4v) is 2.37. The van der Waals surface area contributed by atoms with E-state index in [0.717, 1.165) is 4.59 Å². The van der Waals surface area contributed by atoms with E-state index in [0.29, 0.717) is 0 Å². The quantitative estimate of drug-likeness (QED) is 0.558. The van der Waals surface area contributed by atoms with Crippen LogP contribution in [-0.2, 0) is 0 Å². The molecule has 0 bridgehead atoms. The van der Waals surface area contributed by atoms with Crippen LogP contribution >= 0.6 is 0 Å². The molecule has 0 aromatic heterocycles. The predicted octanol–water partition coefficient (Wildman–Crippen LogP) is 3.28. The Morgan fingerprint density at radius 1 is 1.25 bits per heavy atom. The zero-order valence-corrected chi connectivity index (χ0v) is 11.2. The molecule has 0 spiro atoms. The van der Waals surface area contributed by atoms with Gasteiger partial charge in [0.05, 0.1) is 0 Å². The molecule has 0 radical (unpaired) electrons. The van der Waals surface area contributed by atoms with Gasteiger partial charge in [-0.3, -0.25) is 0 Å². The third-order valence-electron chi connectivity index (χ3n) is 2.60. The summed E-state index contributed by atoms with van der Waals surface area (Å²) in [5, 5.41) is 0. The van der Waals surface area contributed by atoms with Crippen LogP contribution in [0.4, 0.5) is 0 Å². The predicted molar refractivity (Wildman–Crippen MR) is 58.1 cm³/mol. The summed E-state index contributed by atoms with van der Waals surface area (Å²) in [6, 6.07) is 0. The molecular weight excluding hydrogens is 150 g/mol. The van der Waals surface area contributed by atoms with Gasteiger partial charge in [0.2, 0.25) is 0 Å². The van der Waals surface area contributed by atoms with E-state index in [9.17, 15) is 0 Å². The zero-order chi connectivity index (χ0) is 9.23. The fraction of sp³-hybridized carbons (Fsp3) is 1.00. The standard InChI is InChI=1S/C6H11.C4H9.Li.Na/c1-2-4-6-5-3-1;1-3-4-2;;/h1H,2-6H2;1,3-4H2,2H3;;. The summed E-state index contributed by atoms with van der Waals surface area (Å²) in [5.74, 6) is 0. The van der Waals surface area contributed by atoms with Crippen molar-refractivity contribution >= 4 is 45.6 Å². The monoisotopic (exact) mass is 170 g/mol. The molecule has 1 aliphatic rings. The van der Waals surface area contributed by atoms with Crippen molar-refractivity contribution in [2.45, 2.75) is 60.1 Å². The van der Waals surface area contributed by atoms with Crippen LogP contribution in [0.1, 0.15) is 51.9 Å². The molecule has 0 aromatic rings. The van der Waals surface area contributed by atoms with Gasteiger partial charge in [-0.15, -0.1) is 0 Å². The molecule has 0 nitrogen and oxygen atoms in total. The van der Waals surface area contributed by atoms with E-state index in [1.54, 1.807) is 0 Å². The summed E-state index contributed by atoms with van der Waals surface area (Å²) >= 11 is 3.76. The zero-order valence-electron chi connectivity index (χ0n) is 9.23. The summed E-state index contributed by atoms with van der Waals surface area (Å²) in [5.41, 5.74) is 0. The molecule has 0 heterocycles. The van der Waals surface area contributed by atoms with E-state index in [-0.39, 0.29) is 0 Å². The maximum absolute atomic E-state index is 2.36. The second-order valence-electron chi connectivity index (χ2n) is 4.10. The summed E-state index contributed by atoms with van der Waals surface area (Å²) in [6.07, 6.45) is 10.3. The molecule has 0 aliphatic heterocycles. The van der Waals surface area contributed by atoms with Gasteiger partial charge >= 0.3 is 106 Å². The first-order valence-corrected chi connectivity index (χ1v) is 7.22. The van der Waals surface area contributed by atoms with Crippen molar-refractivity contribution in [3.8, 4) is 0 Å². The fourth-order valence-electron chi connectivity index (χ4n) is 1.66. The van der Waals surface area contributed by atoms with Gasteiger partial charge in [0.1, 0.15) is 0 Å². The molecular formula is C10H20LiNa. The summed E-state index contributed by atoms with van der Waals surface area (Å²) in [7, 11) is 0. The number of rotatable bonds is 2. The molecule has 2 heteroatoms. The van der Waals surface area contributed by atoms with E-state index in [1.807, 2.05) is 0 Å². The van der Waals surface area contributed by atoms with Crippen LogP contribution in [0.2, 0.25) is 8.26 Å². The minimum atomic E-state index is 1.04. The summed E-state index contributed by atoms with van der Waals surface area (Å²) in [6.45, 7) is 2.23. The summed E-state index contributed by atoms with van der Waals surface area (Å²) < 4.78 is 2.52.